The van der Waals surface area contributed by atoms with Gasteiger partial charge in [0.1, 0.15) is 17.5 Å². The summed E-state index contributed by atoms with van der Waals surface area (Å²) in [4.78, 5) is 37.2. The number of aromatic nitrogens is 2. The molecule has 0 bridgehead atoms. The van der Waals surface area contributed by atoms with E-state index in [2.05, 4.69) is 15.3 Å². The maximum absolute atomic E-state index is 12.4. The van der Waals surface area contributed by atoms with Crippen LogP contribution in [-0.2, 0) is 22.5 Å². The van der Waals surface area contributed by atoms with E-state index in [-0.39, 0.29) is 30.4 Å². The molecule has 2 atom stereocenters. The van der Waals surface area contributed by atoms with Gasteiger partial charge in [-0.3, -0.25) is 8.51 Å². The smallest absolute Gasteiger partial charge is 0.415 e. The average molecular weight is 588 g/mol. The number of carboxylic acid groups (broad SMARTS) is 1. The van der Waals surface area contributed by atoms with Crippen LogP contribution in [0.2, 0.25) is 0 Å². The number of carbonyl (C=O) groups is 2. The lowest BCUT2D eigenvalue weighted by Crippen LogP contribution is -2.36. The van der Waals surface area contributed by atoms with Gasteiger partial charge in [-0.05, 0) is 63.1 Å². The molecule has 1 saturated carbocycles. The first-order valence-electron chi connectivity index (χ1n) is 14.3. The summed E-state index contributed by atoms with van der Waals surface area (Å²) in [6, 6.07) is 5.60. The summed E-state index contributed by atoms with van der Waals surface area (Å²) in [7, 11) is 0. The minimum atomic E-state index is -2.60. The fourth-order valence-corrected chi connectivity index (χ4v) is 5.97. The molecule has 1 aliphatic heterocycles. The Morgan fingerprint density at radius 2 is 1.80 bits per heavy atom. The van der Waals surface area contributed by atoms with E-state index < -0.39 is 29.4 Å². The number of carboxylic acids is 1. The number of likely N-dealkylation sites (tertiary alicyclic amines) is 1. The fraction of sp³-hybridized carbons (Fsp3) is 0.571. The highest BCUT2D eigenvalue weighted by Crippen LogP contribution is 2.32. The summed E-state index contributed by atoms with van der Waals surface area (Å²) in [6.07, 6.45) is 7.08. The zero-order valence-electron chi connectivity index (χ0n) is 23.7. The van der Waals surface area contributed by atoms with Crippen LogP contribution in [0.5, 0.6) is 5.75 Å². The van der Waals surface area contributed by atoms with Crippen LogP contribution < -0.4 is 19.3 Å². The van der Waals surface area contributed by atoms with Crippen molar-refractivity contribution in [2.24, 2.45) is 5.92 Å². The quantitative estimate of drug-likeness (QED) is 0.331. The molecule has 1 aromatic carbocycles. The van der Waals surface area contributed by atoms with Gasteiger partial charge in [0.05, 0.1) is 6.20 Å². The number of aliphatic carboxylic acids is 1. The van der Waals surface area contributed by atoms with Gasteiger partial charge in [-0.25, -0.2) is 14.6 Å². The monoisotopic (exact) mass is 587 g/mol. The standard InChI is InChI=1S/C28H40N6O6S/c1-3-32(4-2)27-29-18-24(34(41(38)39)19-21-9-5-6-10-21)25(31-27)30-23(26(35)36)17-20-11-13-22(14-12-20)40-28(37)33-15-7-8-16-33/h11-14,18,21,23H,3-10,15-17,19H2,1-2H3,(H,35,36)(H,38,39)(H,29,30,31)/p-1. The average Bonchev–Trinajstić information content (AvgIpc) is 3.68. The van der Waals surface area contributed by atoms with Gasteiger partial charge in [-0.1, -0.05) is 25.0 Å². The van der Waals surface area contributed by atoms with E-state index in [4.69, 9.17) is 4.74 Å². The van der Waals surface area contributed by atoms with Gasteiger partial charge in [-0.15, -0.1) is 0 Å². The van der Waals surface area contributed by atoms with Crippen LogP contribution in [0.25, 0.3) is 0 Å². The Bertz CT molecular complexity index is 1200. The summed E-state index contributed by atoms with van der Waals surface area (Å²) in [5.41, 5.74) is 0.914. The second-order valence-electron chi connectivity index (χ2n) is 10.5. The summed E-state index contributed by atoms with van der Waals surface area (Å²) in [6.45, 7) is 6.83. The zero-order chi connectivity index (χ0) is 29.4. The largest absolute Gasteiger partial charge is 0.755 e. The number of amides is 1. The number of hydrogen-bond donors (Lipinski definition) is 2. The molecule has 41 heavy (non-hydrogen) atoms. The Balaban J connectivity index is 1.55. The van der Waals surface area contributed by atoms with Crippen molar-refractivity contribution in [2.75, 3.05) is 47.2 Å². The highest BCUT2D eigenvalue weighted by atomic mass is 32.2. The second kappa shape index (κ2) is 14.4. The Hall–Kier alpha value is -3.45. The maximum Gasteiger partial charge on any atom is 0.415 e. The van der Waals surface area contributed by atoms with Crippen LogP contribution in [0.1, 0.15) is 57.9 Å². The predicted octanol–water partition coefficient (Wildman–Crippen LogP) is 3.82. The van der Waals surface area contributed by atoms with Crippen LogP contribution in [0.15, 0.2) is 30.5 Å². The topological polar surface area (TPSA) is 151 Å². The zero-order valence-corrected chi connectivity index (χ0v) is 24.5. The summed E-state index contributed by atoms with van der Waals surface area (Å²) in [5, 5.41) is 13.1. The van der Waals surface area contributed by atoms with Crippen molar-refractivity contribution in [3.63, 3.8) is 0 Å². The van der Waals surface area contributed by atoms with E-state index >= 15 is 0 Å². The third-order valence-electron chi connectivity index (χ3n) is 7.69. The number of ether oxygens (including phenoxy) is 1. The van der Waals surface area contributed by atoms with Crippen molar-refractivity contribution in [1.82, 2.24) is 14.9 Å². The third kappa shape index (κ3) is 8.07. The third-order valence-corrected chi connectivity index (χ3v) is 8.40. The molecule has 1 amide bonds. The number of anilines is 3. The molecule has 0 spiro atoms. The molecule has 2 unspecified atom stereocenters. The van der Waals surface area contributed by atoms with Gasteiger partial charge < -0.3 is 29.5 Å². The maximum atomic E-state index is 12.4. The molecule has 13 heteroatoms. The normalized spacial score (nSPS) is 16.8. The molecule has 2 fully saturated rings. The first-order chi connectivity index (χ1) is 19.8. The van der Waals surface area contributed by atoms with Crippen LogP contribution in [0.4, 0.5) is 22.2 Å². The Kier molecular flexibility index (Phi) is 10.7. The summed E-state index contributed by atoms with van der Waals surface area (Å²) >= 11 is -2.60. The van der Waals surface area contributed by atoms with Crippen molar-refractivity contribution in [3.8, 4) is 5.75 Å². The lowest BCUT2D eigenvalue weighted by atomic mass is 10.1. The summed E-state index contributed by atoms with van der Waals surface area (Å²) < 4.78 is 31.4. The SMILES string of the molecule is CCN(CC)c1ncc(N(CC2CCCC2)S(=O)[O-])c(NC(Cc2ccc(OC(=O)N3CCCC3)cc2)C(=O)O)n1. The number of nitrogens with zero attached hydrogens (tertiary/aromatic N) is 5. The molecule has 1 aromatic heterocycles. The number of nitrogens with one attached hydrogen (secondary N) is 1. The van der Waals surface area contributed by atoms with Gasteiger partial charge in [0, 0.05) is 50.4 Å². The minimum Gasteiger partial charge on any atom is -0.755 e. The highest BCUT2D eigenvalue weighted by Gasteiger charge is 2.26. The Labute approximate surface area is 243 Å². The predicted molar refractivity (Wildman–Crippen MR) is 156 cm³/mol. The molecule has 2 aromatic rings. The van der Waals surface area contributed by atoms with Crippen LogP contribution in [-0.4, -0.2) is 79.6 Å². The molecule has 1 aliphatic carbocycles. The molecule has 2 N–H and O–H groups in total. The Morgan fingerprint density at radius 3 is 2.39 bits per heavy atom. The van der Waals surface area contributed by atoms with E-state index in [9.17, 15) is 23.5 Å². The first-order valence-corrected chi connectivity index (χ1v) is 15.4. The second-order valence-corrected chi connectivity index (χ2v) is 11.3. The van der Waals surface area contributed by atoms with E-state index in [1.54, 1.807) is 29.2 Å². The molecule has 12 nitrogen and oxygen atoms in total. The summed E-state index contributed by atoms with van der Waals surface area (Å²) in [5.74, 6) is 0.0123. The van der Waals surface area contributed by atoms with E-state index in [0.717, 1.165) is 38.5 Å². The molecule has 1 saturated heterocycles. The molecule has 0 radical (unpaired) electrons. The van der Waals surface area contributed by atoms with E-state index in [1.807, 2.05) is 18.7 Å². The number of benzene rings is 1. The molecular weight excluding hydrogens is 548 g/mol. The van der Waals surface area contributed by atoms with Crippen molar-refractivity contribution < 1.29 is 28.2 Å². The first kappa shape index (κ1) is 30.5. The Morgan fingerprint density at radius 1 is 1.15 bits per heavy atom. The lowest BCUT2D eigenvalue weighted by Gasteiger charge is -2.31. The fourth-order valence-electron chi connectivity index (χ4n) is 5.34. The lowest BCUT2D eigenvalue weighted by molar-refractivity contribution is -0.137. The molecule has 2 aliphatic rings. The van der Waals surface area contributed by atoms with E-state index in [1.165, 1.54) is 10.5 Å². The number of hydrogen-bond acceptors (Lipinski definition) is 9. The van der Waals surface area contributed by atoms with Gasteiger partial charge in [0.25, 0.3) is 0 Å². The number of carbonyl (C=O) groups excluding carboxylic acids is 1. The van der Waals surface area contributed by atoms with Crippen molar-refractivity contribution >= 4 is 40.8 Å². The molecule has 2 heterocycles. The molecular formula is C28H39N6O6S-. The van der Waals surface area contributed by atoms with Crippen LogP contribution in [0, 0.1) is 5.92 Å². The van der Waals surface area contributed by atoms with Gasteiger partial charge in [0.15, 0.2) is 5.82 Å². The minimum absolute atomic E-state index is 0.0861. The molecule has 224 valence electrons. The van der Waals surface area contributed by atoms with Crippen LogP contribution >= 0.6 is 0 Å². The van der Waals surface area contributed by atoms with Crippen molar-refractivity contribution in [3.05, 3.63) is 36.0 Å². The number of rotatable bonds is 13. The van der Waals surface area contributed by atoms with Crippen molar-refractivity contribution in [2.45, 2.75) is 64.8 Å². The van der Waals surface area contributed by atoms with E-state index in [0.29, 0.717) is 43.4 Å². The van der Waals surface area contributed by atoms with Gasteiger partial charge in [-0.2, -0.15) is 4.98 Å². The highest BCUT2D eigenvalue weighted by molar-refractivity contribution is 7.80. The van der Waals surface area contributed by atoms with Gasteiger partial charge in [0.2, 0.25) is 5.95 Å². The van der Waals surface area contributed by atoms with Gasteiger partial charge >= 0.3 is 12.1 Å². The van der Waals surface area contributed by atoms with Crippen molar-refractivity contribution in [1.29, 1.82) is 0 Å². The van der Waals surface area contributed by atoms with Crippen LogP contribution in [0.3, 0.4) is 0 Å². The molecule has 4 rings (SSSR count).